The minimum atomic E-state index is 0.489. The quantitative estimate of drug-likeness (QED) is 0.765. The maximum Gasteiger partial charge on any atom is 0.101 e. The summed E-state index contributed by atoms with van der Waals surface area (Å²) < 4.78 is 0. The van der Waals surface area contributed by atoms with Crippen LogP contribution >= 0.6 is 0 Å². The van der Waals surface area contributed by atoms with Crippen molar-refractivity contribution in [1.82, 2.24) is 5.32 Å². The molecule has 0 bridgehead atoms. The molecule has 3 heteroatoms. The van der Waals surface area contributed by atoms with Crippen LogP contribution in [0.2, 0.25) is 0 Å². The topological polar surface area (TPSA) is 39.1 Å². The zero-order chi connectivity index (χ0) is 11.0. The number of para-hydroxylation sites is 1. The van der Waals surface area contributed by atoms with Crippen molar-refractivity contribution >= 4 is 5.69 Å². The van der Waals surface area contributed by atoms with Gasteiger partial charge >= 0.3 is 0 Å². The number of hydrogen-bond donors (Lipinski definition) is 1. The van der Waals surface area contributed by atoms with Gasteiger partial charge in [-0.15, -0.1) is 0 Å². The lowest BCUT2D eigenvalue weighted by Crippen LogP contribution is -2.54. The SMILES string of the molecule is N#Cc1ccccc1N1CCC2(CNC2)C1. The molecule has 0 atom stereocenters. The molecule has 2 fully saturated rings. The average molecular weight is 213 g/mol. The van der Waals surface area contributed by atoms with Crippen molar-refractivity contribution < 1.29 is 0 Å². The summed E-state index contributed by atoms with van der Waals surface area (Å²) in [5.74, 6) is 0. The van der Waals surface area contributed by atoms with Gasteiger partial charge in [0.25, 0.3) is 0 Å². The molecule has 0 aliphatic carbocycles. The second-order valence-corrected chi connectivity index (χ2v) is 4.90. The highest BCUT2D eigenvalue weighted by molar-refractivity contribution is 5.60. The van der Waals surface area contributed by atoms with Gasteiger partial charge in [-0.1, -0.05) is 12.1 Å². The molecule has 2 aliphatic rings. The summed E-state index contributed by atoms with van der Waals surface area (Å²) in [6.45, 7) is 4.45. The number of anilines is 1. The van der Waals surface area contributed by atoms with Gasteiger partial charge in [-0.2, -0.15) is 5.26 Å². The molecular formula is C13H15N3. The minimum absolute atomic E-state index is 0.489. The van der Waals surface area contributed by atoms with Crippen LogP contribution in [-0.2, 0) is 0 Å². The maximum atomic E-state index is 9.09. The fourth-order valence-electron chi connectivity index (χ4n) is 2.75. The molecule has 0 radical (unpaired) electrons. The highest BCUT2D eigenvalue weighted by Crippen LogP contribution is 2.37. The van der Waals surface area contributed by atoms with Gasteiger partial charge in [-0.25, -0.2) is 0 Å². The predicted octanol–water partition coefficient (Wildman–Crippen LogP) is 1.36. The first-order chi connectivity index (χ1) is 7.83. The molecule has 1 spiro atoms. The fraction of sp³-hybridized carbons (Fsp3) is 0.462. The summed E-state index contributed by atoms with van der Waals surface area (Å²) in [6, 6.07) is 10.2. The van der Waals surface area contributed by atoms with E-state index in [0.717, 1.165) is 37.4 Å². The van der Waals surface area contributed by atoms with E-state index in [0.29, 0.717) is 5.41 Å². The Balaban J connectivity index is 1.86. The Morgan fingerprint density at radius 2 is 2.12 bits per heavy atom. The lowest BCUT2D eigenvalue weighted by atomic mass is 9.81. The van der Waals surface area contributed by atoms with E-state index in [1.54, 1.807) is 0 Å². The van der Waals surface area contributed by atoms with Crippen LogP contribution in [0.5, 0.6) is 0 Å². The van der Waals surface area contributed by atoms with Crippen LogP contribution in [0.25, 0.3) is 0 Å². The molecule has 0 unspecified atom stereocenters. The zero-order valence-corrected chi connectivity index (χ0v) is 9.24. The van der Waals surface area contributed by atoms with Gasteiger partial charge in [-0.3, -0.25) is 0 Å². The van der Waals surface area contributed by atoms with Crippen LogP contribution in [0.3, 0.4) is 0 Å². The van der Waals surface area contributed by atoms with Crippen LogP contribution < -0.4 is 10.2 Å². The van der Waals surface area contributed by atoms with Gasteiger partial charge in [0.1, 0.15) is 6.07 Å². The third kappa shape index (κ3) is 1.38. The Morgan fingerprint density at radius 3 is 2.75 bits per heavy atom. The largest absolute Gasteiger partial charge is 0.370 e. The first kappa shape index (κ1) is 9.68. The fourth-order valence-corrected chi connectivity index (χ4v) is 2.75. The standard InChI is InChI=1S/C13H15N3/c14-7-11-3-1-2-4-12(11)16-6-5-13(10-16)8-15-9-13/h1-4,15H,5-6,8-10H2. The summed E-state index contributed by atoms with van der Waals surface area (Å²) in [4.78, 5) is 2.36. The first-order valence-corrected chi connectivity index (χ1v) is 5.78. The van der Waals surface area contributed by atoms with Gasteiger partial charge in [0.05, 0.1) is 11.3 Å². The minimum Gasteiger partial charge on any atom is -0.370 e. The molecule has 3 rings (SSSR count). The third-order valence-corrected chi connectivity index (χ3v) is 3.80. The van der Waals surface area contributed by atoms with E-state index in [-0.39, 0.29) is 0 Å². The van der Waals surface area contributed by atoms with Crippen molar-refractivity contribution in [2.75, 3.05) is 31.1 Å². The van der Waals surface area contributed by atoms with Crippen molar-refractivity contribution in [1.29, 1.82) is 5.26 Å². The van der Waals surface area contributed by atoms with Crippen LogP contribution in [0.15, 0.2) is 24.3 Å². The highest BCUT2D eigenvalue weighted by Gasteiger charge is 2.43. The van der Waals surface area contributed by atoms with E-state index >= 15 is 0 Å². The van der Waals surface area contributed by atoms with Crippen molar-refractivity contribution in [3.8, 4) is 6.07 Å². The normalized spacial score (nSPS) is 21.8. The molecule has 2 heterocycles. The second-order valence-electron chi connectivity index (χ2n) is 4.90. The lowest BCUT2D eigenvalue weighted by molar-refractivity contribution is 0.200. The lowest BCUT2D eigenvalue weighted by Gasteiger charge is -2.39. The Labute approximate surface area is 95.7 Å². The summed E-state index contributed by atoms with van der Waals surface area (Å²) in [5, 5.41) is 12.4. The van der Waals surface area contributed by atoms with Crippen LogP contribution in [-0.4, -0.2) is 26.2 Å². The van der Waals surface area contributed by atoms with Gasteiger partial charge < -0.3 is 10.2 Å². The molecule has 2 saturated heterocycles. The van der Waals surface area contributed by atoms with Gasteiger partial charge in [0.15, 0.2) is 0 Å². The Morgan fingerprint density at radius 1 is 1.31 bits per heavy atom. The smallest absolute Gasteiger partial charge is 0.101 e. The van der Waals surface area contributed by atoms with Crippen LogP contribution in [0, 0.1) is 16.7 Å². The molecule has 1 aromatic carbocycles. The Hall–Kier alpha value is -1.53. The summed E-state index contributed by atoms with van der Waals surface area (Å²) in [6.07, 6.45) is 1.25. The monoisotopic (exact) mass is 213 g/mol. The molecule has 2 aliphatic heterocycles. The van der Waals surface area contributed by atoms with Crippen molar-refractivity contribution in [3.05, 3.63) is 29.8 Å². The number of nitriles is 1. The van der Waals surface area contributed by atoms with E-state index < -0.39 is 0 Å². The molecular weight excluding hydrogens is 198 g/mol. The second kappa shape index (κ2) is 3.50. The van der Waals surface area contributed by atoms with Crippen molar-refractivity contribution in [3.63, 3.8) is 0 Å². The molecule has 1 aromatic rings. The number of benzene rings is 1. The summed E-state index contributed by atoms with van der Waals surface area (Å²) in [5.41, 5.74) is 2.39. The molecule has 82 valence electrons. The predicted molar refractivity (Wildman–Crippen MR) is 63.3 cm³/mol. The number of nitrogens with zero attached hydrogens (tertiary/aromatic N) is 2. The molecule has 1 N–H and O–H groups in total. The van der Waals surface area contributed by atoms with E-state index in [1.807, 2.05) is 18.2 Å². The van der Waals surface area contributed by atoms with Gasteiger partial charge in [-0.05, 0) is 18.6 Å². The van der Waals surface area contributed by atoms with E-state index in [1.165, 1.54) is 6.42 Å². The summed E-state index contributed by atoms with van der Waals surface area (Å²) in [7, 11) is 0. The first-order valence-electron chi connectivity index (χ1n) is 5.78. The van der Waals surface area contributed by atoms with Crippen molar-refractivity contribution in [2.45, 2.75) is 6.42 Å². The zero-order valence-electron chi connectivity index (χ0n) is 9.24. The summed E-state index contributed by atoms with van der Waals surface area (Å²) >= 11 is 0. The van der Waals surface area contributed by atoms with Gasteiger partial charge in [0.2, 0.25) is 0 Å². The Kier molecular flexibility index (Phi) is 2.12. The average Bonchev–Trinajstić information content (AvgIpc) is 2.74. The number of nitrogens with one attached hydrogen (secondary N) is 1. The molecule has 16 heavy (non-hydrogen) atoms. The van der Waals surface area contributed by atoms with E-state index in [2.05, 4.69) is 22.4 Å². The molecule has 0 saturated carbocycles. The van der Waals surface area contributed by atoms with Crippen molar-refractivity contribution in [2.24, 2.45) is 5.41 Å². The maximum absolute atomic E-state index is 9.09. The number of rotatable bonds is 1. The van der Waals surface area contributed by atoms with Crippen LogP contribution in [0.1, 0.15) is 12.0 Å². The molecule has 0 aromatic heterocycles. The van der Waals surface area contributed by atoms with E-state index in [4.69, 9.17) is 5.26 Å². The number of hydrogen-bond acceptors (Lipinski definition) is 3. The highest BCUT2D eigenvalue weighted by atomic mass is 15.2. The van der Waals surface area contributed by atoms with E-state index in [9.17, 15) is 0 Å². The van der Waals surface area contributed by atoms with Crippen LogP contribution in [0.4, 0.5) is 5.69 Å². The molecule has 3 nitrogen and oxygen atoms in total. The van der Waals surface area contributed by atoms with Gasteiger partial charge in [0, 0.05) is 31.6 Å². The Bertz CT molecular complexity index is 443. The third-order valence-electron chi connectivity index (χ3n) is 3.80. The molecule has 0 amide bonds.